The molecule has 0 aliphatic carbocycles. The molecule has 0 radical (unpaired) electrons. The van der Waals surface area contributed by atoms with Gasteiger partial charge in [0, 0.05) is 16.0 Å². The molecule has 1 amide bonds. The number of benzene rings is 3. The molecule has 1 N–H and O–H groups in total. The summed E-state index contributed by atoms with van der Waals surface area (Å²) in [6.07, 6.45) is -3.84. The summed E-state index contributed by atoms with van der Waals surface area (Å²) >= 11 is 12.2. The Balaban J connectivity index is 1.91. The van der Waals surface area contributed by atoms with Crippen LogP contribution in [0, 0.1) is 5.82 Å². The van der Waals surface area contributed by atoms with Crippen molar-refractivity contribution in [1.82, 2.24) is 14.5 Å². The molecule has 182 valence electrons. The van der Waals surface area contributed by atoms with Crippen molar-refractivity contribution in [1.29, 1.82) is 0 Å². The van der Waals surface area contributed by atoms with E-state index in [-0.39, 0.29) is 27.0 Å². The van der Waals surface area contributed by atoms with Gasteiger partial charge in [-0.15, -0.1) is 0 Å². The number of aromatic nitrogens is 2. The zero-order valence-electron chi connectivity index (χ0n) is 17.5. The third-order valence-corrected chi connectivity index (χ3v) is 6.00. The molecule has 4 rings (SSSR count). The maximum Gasteiger partial charge on any atom is 0.416 e. The second kappa shape index (κ2) is 8.81. The fourth-order valence-electron chi connectivity index (χ4n) is 3.43. The SMILES string of the molecule is CS(=O)(=O)NC(=O)c1cc(F)c(-n2nc(-c3cccc(C(F)(F)F)c3)c3cc(Cl)ccc32)cc1Cl. The molecule has 6 nitrogen and oxygen atoms in total. The lowest BCUT2D eigenvalue weighted by Gasteiger charge is -2.10. The molecule has 1 heterocycles. The first-order valence-electron chi connectivity index (χ1n) is 9.62. The largest absolute Gasteiger partial charge is 0.416 e. The predicted molar refractivity (Wildman–Crippen MR) is 124 cm³/mol. The van der Waals surface area contributed by atoms with Gasteiger partial charge in [0.1, 0.15) is 17.2 Å². The second-order valence-electron chi connectivity index (χ2n) is 7.49. The van der Waals surface area contributed by atoms with Gasteiger partial charge in [-0.3, -0.25) is 4.79 Å². The number of halogens is 6. The maximum absolute atomic E-state index is 15.1. The Morgan fingerprint density at radius 1 is 1.06 bits per heavy atom. The van der Waals surface area contributed by atoms with Crippen molar-refractivity contribution < 1.29 is 30.8 Å². The number of nitrogens with zero attached hydrogens (tertiary/aromatic N) is 2. The summed E-state index contributed by atoms with van der Waals surface area (Å²) < 4.78 is 80.4. The first-order chi connectivity index (χ1) is 16.2. The molecule has 0 spiro atoms. The standard InChI is InChI=1S/C22H13Cl2F4N3O3S/c1-35(33,34)30-21(32)14-9-17(25)19(10-16(14)24)31-18-6-5-13(23)8-15(18)20(29-31)11-3-2-4-12(7-11)22(26,27)28/h2-10H,1H3,(H,30,32). The quantitative estimate of drug-likeness (QED) is 0.326. The normalized spacial score (nSPS) is 12.2. The van der Waals surface area contributed by atoms with E-state index >= 15 is 4.39 Å². The van der Waals surface area contributed by atoms with Crippen LogP contribution < -0.4 is 4.72 Å². The van der Waals surface area contributed by atoms with E-state index in [4.69, 9.17) is 23.2 Å². The van der Waals surface area contributed by atoms with Gasteiger partial charge in [0.15, 0.2) is 0 Å². The van der Waals surface area contributed by atoms with Crippen molar-refractivity contribution in [2.75, 3.05) is 6.26 Å². The number of hydrogen-bond donors (Lipinski definition) is 1. The summed E-state index contributed by atoms with van der Waals surface area (Å²) in [7, 11) is -3.93. The van der Waals surface area contributed by atoms with Gasteiger partial charge >= 0.3 is 6.18 Å². The summed E-state index contributed by atoms with van der Waals surface area (Å²) in [6.45, 7) is 0. The van der Waals surface area contributed by atoms with Gasteiger partial charge in [-0.25, -0.2) is 22.2 Å². The van der Waals surface area contributed by atoms with Crippen molar-refractivity contribution >= 4 is 50.0 Å². The van der Waals surface area contributed by atoms with Crippen LogP contribution >= 0.6 is 23.2 Å². The zero-order chi connectivity index (χ0) is 25.7. The molecule has 0 saturated carbocycles. The van der Waals surface area contributed by atoms with Crippen LogP contribution in [0.4, 0.5) is 17.6 Å². The number of amides is 1. The molecule has 4 aromatic rings. The summed E-state index contributed by atoms with van der Waals surface area (Å²) in [5.41, 5.74) is -1.04. The molecule has 3 aromatic carbocycles. The first-order valence-corrected chi connectivity index (χ1v) is 12.3. The fourth-order valence-corrected chi connectivity index (χ4v) is 4.29. The van der Waals surface area contributed by atoms with Crippen LogP contribution in [0.3, 0.4) is 0 Å². The first kappa shape index (κ1) is 25.0. The minimum Gasteiger partial charge on any atom is -0.268 e. The Bertz CT molecular complexity index is 1600. The minimum atomic E-state index is -4.59. The van der Waals surface area contributed by atoms with E-state index in [9.17, 15) is 26.4 Å². The number of fused-ring (bicyclic) bond motifs is 1. The molecule has 0 fully saturated rings. The molecular weight excluding hydrogens is 533 g/mol. The summed E-state index contributed by atoms with van der Waals surface area (Å²) in [5.74, 6) is -2.12. The smallest absolute Gasteiger partial charge is 0.268 e. The lowest BCUT2D eigenvalue weighted by Crippen LogP contribution is -2.29. The van der Waals surface area contributed by atoms with Crippen LogP contribution in [0.5, 0.6) is 0 Å². The average molecular weight is 546 g/mol. The van der Waals surface area contributed by atoms with E-state index in [0.717, 1.165) is 35.2 Å². The zero-order valence-corrected chi connectivity index (χ0v) is 19.8. The summed E-state index contributed by atoms with van der Waals surface area (Å²) in [6, 6.07) is 10.7. The van der Waals surface area contributed by atoms with E-state index in [1.54, 1.807) is 4.72 Å². The van der Waals surface area contributed by atoms with Crippen LogP contribution in [0.2, 0.25) is 10.0 Å². The van der Waals surface area contributed by atoms with Gasteiger partial charge in [0.2, 0.25) is 10.0 Å². The van der Waals surface area contributed by atoms with Crippen molar-refractivity contribution in [2.24, 2.45) is 0 Å². The van der Waals surface area contributed by atoms with Gasteiger partial charge in [0.25, 0.3) is 5.91 Å². The molecule has 0 atom stereocenters. The molecule has 0 unspecified atom stereocenters. The lowest BCUT2D eigenvalue weighted by atomic mass is 10.0. The van der Waals surface area contributed by atoms with Crippen LogP contribution in [0.15, 0.2) is 54.6 Å². The molecule has 0 aliphatic rings. The highest BCUT2D eigenvalue weighted by atomic mass is 35.5. The number of rotatable bonds is 4. The van der Waals surface area contributed by atoms with E-state index in [1.807, 2.05) is 0 Å². The molecule has 13 heteroatoms. The van der Waals surface area contributed by atoms with Gasteiger partial charge < -0.3 is 0 Å². The molecule has 0 saturated heterocycles. The highest BCUT2D eigenvalue weighted by Gasteiger charge is 2.31. The Kier molecular flexibility index (Phi) is 6.28. The molecule has 35 heavy (non-hydrogen) atoms. The number of hydrogen-bond acceptors (Lipinski definition) is 4. The van der Waals surface area contributed by atoms with Crippen molar-refractivity contribution in [2.45, 2.75) is 6.18 Å². The third kappa shape index (κ3) is 5.12. The van der Waals surface area contributed by atoms with Crippen molar-refractivity contribution in [3.63, 3.8) is 0 Å². The van der Waals surface area contributed by atoms with E-state index in [1.165, 1.54) is 30.3 Å². The number of alkyl halides is 3. The molecule has 0 aliphatic heterocycles. The molecular formula is C22H13Cl2F4N3O3S. The van der Waals surface area contributed by atoms with E-state index in [2.05, 4.69) is 5.10 Å². The topological polar surface area (TPSA) is 81.1 Å². The maximum atomic E-state index is 15.1. The van der Waals surface area contributed by atoms with Crippen molar-refractivity contribution in [3.05, 3.63) is 81.6 Å². The third-order valence-electron chi connectivity index (χ3n) is 4.89. The van der Waals surface area contributed by atoms with E-state index < -0.39 is 39.1 Å². The highest BCUT2D eigenvalue weighted by molar-refractivity contribution is 7.89. The summed E-state index contributed by atoms with van der Waals surface area (Å²) in [4.78, 5) is 12.2. The number of carbonyl (C=O) groups is 1. The predicted octanol–water partition coefficient (Wildman–Crippen LogP) is 5.85. The van der Waals surface area contributed by atoms with Gasteiger partial charge in [-0.2, -0.15) is 18.3 Å². The van der Waals surface area contributed by atoms with Gasteiger partial charge in [-0.05, 0) is 42.5 Å². The second-order valence-corrected chi connectivity index (χ2v) is 10.1. The Labute approximate surface area is 206 Å². The van der Waals surface area contributed by atoms with Gasteiger partial charge in [0.05, 0.1) is 27.9 Å². The Morgan fingerprint density at radius 2 is 1.77 bits per heavy atom. The van der Waals surface area contributed by atoms with Gasteiger partial charge in [-0.1, -0.05) is 35.3 Å². The number of nitrogens with one attached hydrogen (secondary N) is 1. The van der Waals surface area contributed by atoms with Crippen LogP contribution in [-0.2, 0) is 16.2 Å². The minimum absolute atomic E-state index is 0.100. The van der Waals surface area contributed by atoms with E-state index in [0.29, 0.717) is 10.9 Å². The molecule has 0 bridgehead atoms. The molecule has 1 aromatic heterocycles. The average Bonchev–Trinajstić information content (AvgIpc) is 3.11. The number of sulfonamides is 1. The highest BCUT2D eigenvalue weighted by Crippen LogP contribution is 2.36. The van der Waals surface area contributed by atoms with Crippen molar-refractivity contribution in [3.8, 4) is 16.9 Å². The number of carbonyl (C=O) groups excluding carboxylic acids is 1. The van der Waals surface area contributed by atoms with Crippen LogP contribution in [0.25, 0.3) is 27.8 Å². The lowest BCUT2D eigenvalue weighted by molar-refractivity contribution is -0.137. The van der Waals surface area contributed by atoms with Crippen LogP contribution in [0.1, 0.15) is 15.9 Å². The Hall–Kier alpha value is -3.15. The summed E-state index contributed by atoms with van der Waals surface area (Å²) in [5, 5.41) is 4.66. The van der Waals surface area contributed by atoms with Crippen LogP contribution in [-0.4, -0.2) is 30.4 Å². The monoisotopic (exact) mass is 545 g/mol. The fraction of sp³-hybridized carbons (Fsp3) is 0.0909. The Morgan fingerprint density at radius 3 is 2.43 bits per heavy atom.